The summed E-state index contributed by atoms with van der Waals surface area (Å²) < 4.78 is 0. The van der Waals surface area contributed by atoms with E-state index in [2.05, 4.69) is 13.0 Å². The predicted octanol–water partition coefficient (Wildman–Crippen LogP) is 2.76. The Labute approximate surface area is 103 Å². The van der Waals surface area contributed by atoms with Gasteiger partial charge in [0.25, 0.3) is 0 Å². The van der Waals surface area contributed by atoms with E-state index in [0.29, 0.717) is 6.42 Å². The predicted molar refractivity (Wildman–Crippen MR) is 67.7 cm³/mol. The number of aliphatic carboxylic acids is 1. The SMILES string of the molecule is CCCC/C=C/C=C/C1CCC(O)C1C(=O)O. The largest absolute Gasteiger partial charge is 0.481 e. The lowest BCUT2D eigenvalue weighted by Gasteiger charge is -2.13. The Morgan fingerprint density at radius 3 is 2.76 bits per heavy atom. The summed E-state index contributed by atoms with van der Waals surface area (Å²) in [5.74, 6) is -1.55. The molecule has 3 unspecified atom stereocenters. The normalized spacial score (nSPS) is 29.4. The molecule has 0 aliphatic heterocycles. The summed E-state index contributed by atoms with van der Waals surface area (Å²) >= 11 is 0. The van der Waals surface area contributed by atoms with Crippen LogP contribution in [0.1, 0.15) is 39.0 Å². The molecule has 0 radical (unpaired) electrons. The molecule has 0 aromatic rings. The van der Waals surface area contributed by atoms with Gasteiger partial charge in [-0.2, -0.15) is 0 Å². The van der Waals surface area contributed by atoms with Crippen molar-refractivity contribution in [2.75, 3.05) is 0 Å². The third-order valence-electron chi connectivity index (χ3n) is 3.29. The molecule has 3 heteroatoms. The lowest BCUT2D eigenvalue weighted by molar-refractivity contribution is -0.145. The molecule has 1 rings (SSSR count). The van der Waals surface area contributed by atoms with Crippen molar-refractivity contribution >= 4 is 5.97 Å². The Balaban J connectivity index is 2.42. The van der Waals surface area contributed by atoms with Crippen molar-refractivity contribution in [1.82, 2.24) is 0 Å². The molecule has 1 saturated carbocycles. The van der Waals surface area contributed by atoms with Crippen molar-refractivity contribution in [2.24, 2.45) is 11.8 Å². The molecule has 0 heterocycles. The maximum Gasteiger partial charge on any atom is 0.309 e. The van der Waals surface area contributed by atoms with Crippen molar-refractivity contribution in [3.8, 4) is 0 Å². The summed E-state index contributed by atoms with van der Waals surface area (Å²) in [7, 11) is 0. The number of hydrogen-bond donors (Lipinski definition) is 2. The minimum atomic E-state index is -0.889. The summed E-state index contributed by atoms with van der Waals surface area (Å²) in [6, 6.07) is 0. The van der Waals surface area contributed by atoms with Crippen molar-refractivity contribution in [1.29, 1.82) is 0 Å². The van der Waals surface area contributed by atoms with Gasteiger partial charge in [0, 0.05) is 0 Å². The number of aliphatic hydroxyl groups is 1. The van der Waals surface area contributed by atoms with Gasteiger partial charge in [-0.25, -0.2) is 0 Å². The molecule has 0 bridgehead atoms. The molecule has 0 saturated heterocycles. The first kappa shape index (κ1) is 14.0. The highest BCUT2D eigenvalue weighted by Gasteiger charge is 2.38. The Hall–Kier alpha value is -1.09. The number of rotatable bonds is 6. The van der Waals surface area contributed by atoms with Crippen molar-refractivity contribution in [2.45, 2.75) is 45.1 Å². The highest BCUT2D eigenvalue weighted by molar-refractivity contribution is 5.72. The second-order valence-corrected chi connectivity index (χ2v) is 4.63. The first-order valence-electron chi connectivity index (χ1n) is 6.41. The zero-order chi connectivity index (χ0) is 12.7. The van der Waals surface area contributed by atoms with Gasteiger partial charge in [-0.1, -0.05) is 44.1 Å². The Morgan fingerprint density at radius 1 is 1.35 bits per heavy atom. The fourth-order valence-electron chi connectivity index (χ4n) is 2.27. The van der Waals surface area contributed by atoms with Crippen LogP contribution in [-0.4, -0.2) is 22.3 Å². The van der Waals surface area contributed by atoms with Crippen LogP contribution in [0.15, 0.2) is 24.3 Å². The smallest absolute Gasteiger partial charge is 0.309 e. The zero-order valence-corrected chi connectivity index (χ0v) is 10.4. The van der Waals surface area contributed by atoms with E-state index in [1.807, 2.05) is 18.2 Å². The second kappa shape index (κ2) is 7.28. The summed E-state index contributed by atoms with van der Waals surface area (Å²) in [4.78, 5) is 11.0. The van der Waals surface area contributed by atoms with Crippen LogP contribution in [0, 0.1) is 11.8 Å². The van der Waals surface area contributed by atoms with Gasteiger partial charge in [0.05, 0.1) is 12.0 Å². The fraction of sp³-hybridized carbons (Fsp3) is 0.643. The van der Waals surface area contributed by atoms with Crippen LogP contribution in [0.3, 0.4) is 0 Å². The van der Waals surface area contributed by atoms with Gasteiger partial charge in [-0.15, -0.1) is 0 Å². The Bertz CT molecular complexity index is 294. The quantitative estimate of drug-likeness (QED) is 0.552. The molecule has 0 spiro atoms. The van der Waals surface area contributed by atoms with Gasteiger partial charge in [0.1, 0.15) is 0 Å². The maximum atomic E-state index is 11.0. The van der Waals surface area contributed by atoms with E-state index in [0.717, 1.165) is 12.8 Å². The van der Waals surface area contributed by atoms with Gasteiger partial charge < -0.3 is 10.2 Å². The number of allylic oxidation sites excluding steroid dienone is 4. The number of aliphatic hydroxyl groups excluding tert-OH is 1. The van der Waals surface area contributed by atoms with E-state index in [-0.39, 0.29) is 5.92 Å². The van der Waals surface area contributed by atoms with E-state index >= 15 is 0 Å². The maximum absolute atomic E-state index is 11.0. The van der Waals surface area contributed by atoms with Crippen LogP contribution in [0.2, 0.25) is 0 Å². The molecule has 17 heavy (non-hydrogen) atoms. The number of unbranched alkanes of at least 4 members (excludes halogenated alkanes) is 2. The molecule has 3 atom stereocenters. The molecule has 0 aromatic heterocycles. The lowest BCUT2D eigenvalue weighted by atomic mass is 9.94. The number of carboxylic acid groups (broad SMARTS) is 1. The minimum Gasteiger partial charge on any atom is -0.481 e. The first-order chi connectivity index (χ1) is 8.16. The Kier molecular flexibility index (Phi) is 5.98. The average molecular weight is 238 g/mol. The van der Waals surface area contributed by atoms with Gasteiger partial charge in [0.15, 0.2) is 0 Å². The van der Waals surface area contributed by atoms with Crippen LogP contribution >= 0.6 is 0 Å². The first-order valence-corrected chi connectivity index (χ1v) is 6.41. The number of hydrogen-bond acceptors (Lipinski definition) is 2. The van der Waals surface area contributed by atoms with E-state index in [4.69, 9.17) is 5.11 Å². The van der Waals surface area contributed by atoms with Crippen LogP contribution in [0.4, 0.5) is 0 Å². The zero-order valence-electron chi connectivity index (χ0n) is 10.4. The molecule has 0 amide bonds. The molecule has 96 valence electrons. The van der Waals surface area contributed by atoms with Crippen molar-refractivity contribution in [3.05, 3.63) is 24.3 Å². The molecule has 1 fully saturated rings. The molecule has 1 aliphatic rings. The third kappa shape index (κ3) is 4.35. The highest BCUT2D eigenvalue weighted by Crippen LogP contribution is 2.33. The van der Waals surface area contributed by atoms with Crippen molar-refractivity contribution in [3.63, 3.8) is 0 Å². The van der Waals surface area contributed by atoms with Crippen LogP contribution in [0.5, 0.6) is 0 Å². The second-order valence-electron chi connectivity index (χ2n) is 4.63. The van der Waals surface area contributed by atoms with E-state index < -0.39 is 18.0 Å². The molecule has 1 aliphatic carbocycles. The molecule has 3 nitrogen and oxygen atoms in total. The van der Waals surface area contributed by atoms with Gasteiger partial charge in [0.2, 0.25) is 0 Å². The lowest BCUT2D eigenvalue weighted by Crippen LogP contribution is -2.26. The van der Waals surface area contributed by atoms with Crippen LogP contribution in [-0.2, 0) is 4.79 Å². The van der Waals surface area contributed by atoms with Gasteiger partial charge >= 0.3 is 5.97 Å². The standard InChI is InChI=1S/C14H22O3/c1-2-3-4-5-6-7-8-11-9-10-12(15)13(11)14(16)17/h5-8,11-13,15H,2-4,9-10H2,1H3,(H,16,17)/b6-5+,8-7+. The topological polar surface area (TPSA) is 57.5 Å². The molecular formula is C14H22O3. The summed E-state index contributed by atoms with van der Waals surface area (Å²) in [5.41, 5.74) is 0. The van der Waals surface area contributed by atoms with E-state index in [1.165, 1.54) is 12.8 Å². The number of carbonyl (C=O) groups is 1. The van der Waals surface area contributed by atoms with Gasteiger partial charge in [-0.3, -0.25) is 4.79 Å². The number of carboxylic acids is 1. The highest BCUT2D eigenvalue weighted by atomic mass is 16.4. The minimum absolute atomic E-state index is 0.0293. The van der Waals surface area contributed by atoms with E-state index in [9.17, 15) is 9.90 Å². The van der Waals surface area contributed by atoms with Crippen LogP contribution in [0.25, 0.3) is 0 Å². The summed E-state index contributed by atoms with van der Waals surface area (Å²) in [6.45, 7) is 2.15. The average Bonchev–Trinajstić information content (AvgIpc) is 2.65. The summed E-state index contributed by atoms with van der Waals surface area (Å²) in [6.07, 6.45) is 12.0. The Morgan fingerprint density at radius 2 is 2.12 bits per heavy atom. The monoisotopic (exact) mass is 238 g/mol. The summed E-state index contributed by atoms with van der Waals surface area (Å²) in [5, 5.41) is 18.6. The molecular weight excluding hydrogens is 216 g/mol. The van der Waals surface area contributed by atoms with E-state index in [1.54, 1.807) is 0 Å². The van der Waals surface area contributed by atoms with Gasteiger partial charge in [-0.05, 0) is 25.2 Å². The third-order valence-corrected chi connectivity index (χ3v) is 3.29. The molecule has 0 aromatic carbocycles. The van der Waals surface area contributed by atoms with Crippen molar-refractivity contribution < 1.29 is 15.0 Å². The molecule has 2 N–H and O–H groups in total. The fourth-order valence-corrected chi connectivity index (χ4v) is 2.27. The van der Waals surface area contributed by atoms with Crippen LogP contribution < -0.4 is 0 Å².